The molecule has 1 unspecified atom stereocenters. The second-order valence-corrected chi connectivity index (χ2v) is 13.5. The van der Waals surface area contributed by atoms with Gasteiger partial charge in [-0.2, -0.15) is 4.98 Å². The van der Waals surface area contributed by atoms with Crippen molar-refractivity contribution in [2.24, 2.45) is 10.7 Å². The first-order valence-electron chi connectivity index (χ1n) is 17.7. The summed E-state index contributed by atoms with van der Waals surface area (Å²) in [6.07, 6.45) is 3.21. The number of nitrogens with zero attached hydrogens (tertiary/aromatic N) is 3. The molecule has 1 aromatic heterocycles. The maximum atomic E-state index is 6.21. The molecule has 0 saturated heterocycles. The van der Waals surface area contributed by atoms with Crippen LogP contribution in [0.1, 0.15) is 61.8 Å². The van der Waals surface area contributed by atoms with Gasteiger partial charge in [-0.1, -0.05) is 75.7 Å². The average Bonchev–Trinajstić information content (AvgIpc) is 3.15. The van der Waals surface area contributed by atoms with Gasteiger partial charge in [0.15, 0.2) is 28.8 Å². The van der Waals surface area contributed by atoms with E-state index in [0.29, 0.717) is 17.3 Å². The molecule has 0 saturated carbocycles. The van der Waals surface area contributed by atoms with E-state index in [1.54, 1.807) is 26.6 Å². The number of nitrogen functional groups attached to an aromatic ring is 2. The maximum Gasteiger partial charge on any atom is 0.222 e. The summed E-state index contributed by atoms with van der Waals surface area (Å²) in [5.41, 5.74) is 21.8. The van der Waals surface area contributed by atoms with Gasteiger partial charge in [-0.3, -0.25) is 0 Å². The number of aromatic nitrogens is 2. The fourth-order valence-electron chi connectivity index (χ4n) is 5.29. The highest BCUT2D eigenvalue weighted by atomic mass is 35.5. The Bertz CT molecular complexity index is 2080. The molecule has 2 heterocycles. The molecule has 13 heteroatoms. The van der Waals surface area contributed by atoms with Gasteiger partial charge in [0, 0.05) is 28.7 Å². The summed E-state index contributed by atoms with van der Waals surface area (Å²) >= 11 is 6.13. The number of methoxy groups -OCH3 is 2. The molecule has 8 N–H and O–H groups in total. The molecule has 5 aromatic rings. The molecular weight excluding hydrogens is 716 g/mol. The van der Waals surface area contributed by atoms with Gasteiger partial charge in [-0.05, 0) is 85.3 Å². The third-order valence-electron chi connectivity index (χ3n) is 8.21. The quantitative estimate of drug-likeness (QED) is 0.0520. The number of anilines is 4. The van der Waals surface area contributed by atoms with Crippen molar-refractivity contribution in [1.82, 2.24) is 15.3 Å². The number of nitrogens with one attached hydrogen (secondary N) is 2. The van der Waals surface area contributed by atoms with Crippen molar-refractivity contribution in [2.45, 2.75) is 58.9 Å². The standard InChI is InChI=1S/C21H24N4O2.C15H20ClN3O2.C6H7N/c1-13(2)16-11-17(26-4)14(3)10-18(16)27-19-12-23-21(22)25-20(19)24-15-8-6-5-7-9-15;1-8(2)10-6-11(20-4)9(3)5-12(10)21-13-7-18-15(17)19-14(13)16;7-6-4-2-1-3-5-6/h5-13H,1-4H3,(H3,22,23,24,25);5-8,14H,1-4H3,(H3,17,18,19);1-5H,7H2. The Morgan fingerprint density at radius 3 is 1.71 bits per heavy atom. The lowest BCUT2D eigenvalue weighted by Crippen LogP contribution is -2.33. The lowest BCUT2D eigenvalue weighted by atomic mass is 10.00. The van der Waals surface area contributed by atoms with Gasteiger partial charge in [0.1, 0.15) is 23.0 Å². The molecule has 0 aliphatic carbocycles. The van der Waals surface area contributed by atoms with Crippen LogP contribution in [0.2, 0.25) is 0 Å². The van der Waals surface area contributed by atoms with E-state index >= 15 is 0 Å². The highest BCUT2D eigenvalue weighted by Gasteiger charge is 2.21. The summed E-state index contributed by atoms with van der Waals surface area (Å²) in [4.78, 5) is 12.4. The van der Waals surface area contributed by atoms with E-state index in [1.807, 2.05) is 98.8 Å². The van der Waals surface area contributed by atoms with Crippen LogP contribution in [0.25, 0.3) is 0 Å². The smallest absolute Gasteiger partial charge is 0.222 e. The lowest BCUT2D eigenvalue weighted by molar-refractivity contribution is 0.388. The molecule has 4 aromatic carbocycles. The van der Waals surface area contributed by atoms with Crippen LogP contribution in [0, 0.1) is 13.8 Å². The number of nitrogens with two attached hydrogens (primary N) is 3. The van der Waals surface area contributed by atoms with E-state index in [2.05, 4.69) is 53.3 Å². The predicted octanol–water partition coefficient (Wildman–Crippen LogP) is 9.13. The van der Waals surface area contributed by atoms with Crippen molar-refractivity contribution < 1.29 is 18.9 Å². The van der Waals surface area contributed by atoms with Crippen LogP contribution >= 0.6 is 11.6 Å². The number of aryl methyl sites for hydroxylation is 2. The van der Waals surface area contributed by atoms with E-state index in [-0.39, 0.29) is 23.7 Å². The maximum absolute atomic E-state index is 6.21. The summed E-state index contributed by atoms with van der Waals surface area (Å²) in [6.45, 7) is 12.4. The van der Waals surface area contributed by atoms with Crippen molar-refractivity contribution >= 4 is 40.7 Å². The minimum absolute atomic E-state index is 0.177. The molecule has 0 radical (unpaired) electrons. The second kappa shape index (κ2) is 19.8. The Labute approximate surface area is 328 Å². The fourth-order valence-corrected chi connectivity index (χ4v) is 5.51. The third-order valence-corrected chi connectivity index (χ3v) is 8.52. The molecule has 1 atom stereocenters. The number of rotatable bonds is 10. The molecule has 6 rings (SSSR count). The van der Waals surface area contributed by atoms with Crippen LogP contribution in [-0.4, -0.2) is 35.6 Å². The molecule has 290 valence electrons. The van der Waals surface area contributed by atoms with Gasteiger partial charge in [0.2, 0.25) is 5.95 Å². The van der Waals surface area contributed by atoms with Gasteiger partial charge in [0.25, 0.3) is 0 Å². The Morgan fingerprint density at radius 1 is 0.709 bits per heavy atom. The van der Waals surface area contributed by atoms with Crippen LogP contribution < -0.4 is 46.8 Å². The van der Waals surface area contributed by atoms with E-state index in [4.69, 9.17) is 47.7 Å². The van der Waals surface area contributed by atoms with Crippen molar-refractivity contribution in [3.8, 4) is 28.7 Å². The minimum atomic E-state index is -0.631. The first-order chi connectivity index (χ1) is 26.3. The Balaban J connectivity index is 0.000000212. The number of alkyl halides is 1. The molecule has 0 bridgehead atoms. The SMILES string of the molecule is COc1cc(C(C)C)c(OC2=CNC(N)=NC2Cl)cc1C.COc1cc(C(C)C)c(Oc2cnc(N)nc2Nc2ccccc2)cc1C.Nc1ccccc1. The molecular formula is C42H51ClN8O4. The van der Waals surface area contributed by atoms with E-state index in [0.717, 1.165) is 56.6 Å². The summed E-state index contributed by atoms with van der Waals surface area (Å²) < 4.78 is 23.0. The van der Waals surface area contributed by atoms with Gasteiger partial charge in [0.05, 0.1) is 20.4 Å². The van der Waals surface area contributed by atoms with Crippen LogP contribution in [0.4, 0.5) is 23.1 Å². The first kappa shape index (κ1) is 41.6. The Kier molecular flexibility index (Phi) is 15.0. The van der Waals surface area contributed by atoms with Crippen molar-refractivity contribution in [2.75, 3.05) is 31.0 Å². The van der Waals surface area contributed by atoms with Crippen molar-refractivity contribution in [3.63, 3.8) is 0 Å². The van der Waals surface area contributed by atoms with Crippen molar-refractivity contribution in [1.29, 1.82) is 0 Å². The second-order valence-electron chi connectivity index (χ2n) is 13.1. The van der Waals surface area contributed by atoms with Crippen molar-refractivity contribution in [3.05, 3.63) is 125 Å². The van der Waals surface area contributed by atoms with Gasteiger partial charge in [-0.15, -0.1) is 0 Å². The normalized spacial score (nSPS) is 13.2. The number of hydrogen-bond donors (Lipinski definition) is 5. The lowest BCUT2D eigenvalue weighted by Gasteiger charge is -2.21. The number of benzene rings is 4. The number of para-hydroxylation sites is 2. The highest BCUT2D eigenvalue weighted by molar-refractivity contribution is 6.22. The zero-order chi connectivity index (χ0) is 40.1. The summed E-state index contributed by atoms with van der Waals surface area (Å²) in [7, 11) is 3.33. The number of aliphatic imine (C=N–C) groups is 1. The summed E-state index contributed by atoms with van der Waals surface area (Å²) in [5, 5.41) is 6.04. The summed E-state index contributed by atoms with van der Waals surface area (Å²) in [5.74, 6) is 5.68. The molecule has 0 amide bonds. The number of hydrogen-bond acceptors (Lipinski definition) is 12. The molecule has 55 heavy (non-hydrogen) atoms. The van der Waals surface area contributed by atoms with Gasteiger partial charge >= 0.3 is 0 Å². The Morgan fingerprint density at radius 2 is 1.24 bits per heavy atom. The van der Waals surface area contributed by atoms with E-state index < -0.39 is 5.50 Å². The zero-order valence-electron chi connectivity index (χ0n) is 32.6. The molecule has 12 nitrogen and oxygen atoms in total. The van der Waals surface area contributed by atoms with Crippen LogP contribution in [0.5, 0.6) is 28.7 Å². The monoisotopic (exact) mass is 766 g/mol. The number of guanidine groups is 1. The highest BCUT2D eigenvalue weighted by Crippen LogP contribution is 2.38. The van der Waals surface area contributed by atoms with Crippen LogP contribution in [-0.2, 0) is 0 Å². The molecule has 1 aliphatic heterocycles. The van der Waals surface area contributed by atoms with E-state index in [9.17, 15) is 0 Å². The molecule has 1 aliphatic rings. The topological polar surface area (TPSA) is 177 Å². The molecule has 0 spiro atoms. The summed E-state index contributed by atoms with van der Waals surface area (Å²) in [6, 6.07) is 27.1. The minimum Gasteiger partial charge on any atom is -0.496 e. The van der Waals surface area contributed by atoms with Crippen LogP contribution in [0.3, 0.4) is 0 Å². The van der Waals surface area contributed by atoms with Gasteiger partial charge < -0.3 is 46.8 Å². The average molecular weight is 767 g/mol. The Hall–Kier alpha value is -6.14. The fraction of sp³-hybridized carbons (Fsp3) is 0.262. The van der Waals surface area contributed by atoms with E-state index in [1.165, 1.54) is 0 Å². The third kappa shape index (κ3) is 11.9. The van der Waals surface area contributed by atoms with Crippen LogP contribution in [0.15, 0.2) is 108 Å². The molecule has 0 fully saturated rings. The first-order valence-corrected chi connectivity index (χ1v) is 18.1. The zero-order valence-corrected chi connectivity index (χ0v) is 33.3. The largest absolute Gasteiger partial charge is 0.496 e. The number of ether oxygens (including phenoxy) is 4. The predicted molar refractivity (Wildman–Crippen MR) is 224 cm³/mol. The van der Waals surface area contributed by atoms with Gasteiger partial charge in [-0.25, -0.2) is 9.98 Å². The number of halogens is 1.